The highest BCUT2D eigenvalue weighted by Crippen LogP contribution is 2.15. The Morgan fingerprint density at radius 1 is 0.786 bits per heavy atom. The van der Waals surface area contributed by atoms with Crippen LogP contribution < -0.4 is 16.8 Å². The molecule has 6 heteroatoms. The standard InChI is InChI=1S/C6H12.C2H7N5.ClH/c1-2-4-6-5-3-1;3-1(4)7-2(5)6;/h1-6H2;(H7,3,4,5,6,7);1H. The number of nitrogens with one attached hydrogen (secondary N) is 3. The summed E-state index contributed by atoms with van der Waals surface area (Å²) in [6.45, 7) is 0. The first-order valence-electron chi connectivity index (χ1n) is 4.58. The third-order valence-electron chi connectivity index (χ3n) is 1.77. The molecule has 0 heterocycles. The number of guanidine groups is 2. The van der Waals surface area contributed by atoms with Crippen molar-refractivity contribution in [3.8, 4) is 0 Å². The zero-order valence-electron chi connectivity index (χ0n) is 8.31. The number of rotatable bonds is 0. The van der Waals surface area contributed by atoms with Crippen molar-refractivity contribution in [1.29, 1.82) is 10.8 Å². The quantitative estimate of drug-likeness (QED) is 0.312. The normalized spacial score (nSPS) is 14.0. The van der Waals surface area contributed by atoms with Crippen LogP contribution in [0.15, 0.2) is 0 Å². The first kappa shape index (κ1) is 15.5. The molecule has 0 spiro atoms. The van der Waals surface area contributed by atoms with Gasteiger partial charge in [-0.25, -0.2) is 0 Å². The van der Waals surface area contributed by atoms with Gasteiger partial charge in [-0.15, -0.1) is 12.4 Å². The summed E-state index contributed by atoms with van der Waals surface area (Å²) in [6.07, 6.45) is 9.00. The highest BCUT2D eigenvalue weighted by atomic mass is 35.5. The van der Waals surface area contributed by atoms with Crippen LogP contribution in [-0.4, -0.2) is 11.9 Å². The molecule has 0 aromatic heterocycles. The van der Waals surface area contributed by atoms with Crippen molar-refractivity contribution in [2.24, 2.45) is 11.5 Å². The van der Waals surface area contributed by atoms with Gasteiger partial charge in [0.15, 0.2) is 11.9 Å². The van der Waals surface area contributed by atoms with Crippen LogP contribution >= 0.6 is 12.4 Å². The Kier molecular flexibility index (Phi) is 11.2. The molecule has 0 unspecified atom stereocenters. The Hall–Kier alpha value is -0.970. The van der Waals surface area contributed by atoms with Gasteiger partial charge in [0, 0.05) is 0 Å². The molecule has 0 aromatic carbocycles. The summed E-state index contributed by atoms with van der Waals surface area (Å²) in [5, 5.41) is 15.0. The highest BCUT2D eigenvalue weighted by molar-refractivity contribution is 5.93. The summed E-state index contributed by atoms with van der Waals surface area (Å²) >= 11 is 0. The summed E-state index contributed by atoms with van der Waals surface area (Å²) in [5.74, 6) is -0.625. The number of hydrogen-bond donors (Lipinski definition) is 5. The molecule has 1 aliphatic rings. The third-order valence-corrected chi connectivity index (χ3v) is 1.77. The Morgan fingerprint density at radius 2 is 1.00 bits per heavy atom. The maximum absolute atomic E-state index is 6.47. The lowest BCUT2D eigenvalue weighted by molar-refractivity contribution is 0.504. The Bertz CT molecular complexity index is 144. The van der Waals surface area contributed by atoms with Crippen LogP contribution in [0, 0.1) is 10.8 Å². The lowest BCUT2D eigenvalue weighted by Gasteiger charge is -2.05. The van der Waals surface area contributed by atoms with E-state index in [0.29, 0.717) is 0 Å². The zero-order valence-corrected chi connectivity index (χ0v) is 9.12. The van der Waals surface area contributed by atoms with E-state index in [1.54, 1.807) is 0 Å². The van der Waals surface area contributed by atoms with Crippen molar-refractivity contribution in [3.05, 3.63) is 0 Å². The molecule has 0 bridgehead atoms. The minimum Gasteiger partial charge on any atom is -0.370 e. The van der Waals surface area contributed by atoms with E-state index in [-0.39, 0.29) is 24.3 Å². The van der Waals surface area contributed by atoms with Crippen LogP contribution in [0.5, 0.6) is 0 Å². The van der Waals surface area contributed by atoms with Crippen molar-refractivity contribution in [2.75, 3.05) is 0 Å². The first-order valence-corrected chi connectivity index (χ1v) is 4.58. The summed E-state index contributed by atoms with van der Waals surface area (Å²) < 4.78 is 0. The fourth-order valence-corrected chi connectivity index (χ4v) is 1.21. The van der Waals surface area contributed by atoms with Crippen molar-refractivity contribution < 1.29 is 0 Å². The largest absolute Gasteiger partial charge is 0.370 e. The molecule has 84 valence electrons. The zero-order chi connectivity index (χ0) is 10.1. The van der Waals surface area contributed by atoms with Gasteiger partial charge in [-0.05, 0) is 0 Å². The summed E-state index contributed by atoms with van der Waals surface area (Å²) in [5.41, 5.74) is 9.49. The minimum absolute atomic E-state index is 0. The first-order chi connectivity index (χ1) is 6.13. The molecule has 1 rings (SSSR count). The smallest absolute Gasteiger partial charge is 0.192 e. The predicted molar refractivity (Wildman–Crippen MR) is 61.9 cm³/mol. The van der Waals surface area contributed by atoms with Gasteiger partial charge in [0.1, 0.15) is 0 Å². The fraction of sp³-hybridized carbons (Fsp3) is 0.750. The Labute approximate surface area is 91.0 Å². The molecule has 14 heavy (non-hydrogen) atoms. The van der Waals surface area contributed by atoms with Crippen molar-refractivity contribution >= 4 is 24.3 Å². The molecule has 0 radical (unpaired) electrons. The van der Waals surface area contributed by atoms with Crippen LogP contribution in [0.4, 0.5) is 0 Å². The maximum Gasteiger partial charge on any atom is 0.192 e. The van der Waals surface area contributed by atoms with Gasteiger partial charge in [0.2, 0.25) is 0 Å². The second-order valence-electron chi connectivity index (χ2n) is 3.07. The van der Waals surface area contributed by atoms with Crippen molar-refractivity contribution in [2.45, 2.75) is 38.5 Å². The molecular weight excluding hydrogens is 202 g/mol. The topological polar surface area (TPSA) is 112 Å². The van der Waals surface area contributed by atoms with Gasteiger partial charge < -0.3 is 11.5 Å². The van der Waals surface area contributed by atoms with Crippen LogP contribution in [0.1, 0.15) is 38.5 Å². The van der Waals surface area contributed by atoms with E-state index in [1.807, 2.05) is 5.32 Å². The number of nitrogens with two attached hydrogens (primary N) is 2. The average molecular weight is 222 g/mol. The molecular formula is C8H20ClN5. The second-order valence-corrected chi connectivity index (χ2v) is 3.07. The van der Waals surface area contributed by atoms with Crippen LogP contribution in [-0.2, 0) is 0 Å². The second kappa shape index (κ2) is 10.1. The van der Waals surface area contributed by atoms with E-state index >= 15 is 0 Å². The van der Waals surface area contributed by atoms with E-state index in [0.717, 1.165) is 0 Å². The molecule has 1 saturated carbocycles. The molecule has 1 fully saturated rings. The molecule has 0 atom stereocenters. The average Bonchev–Trinajstić information content (AvgIpc) is 2.06. The number of halogens is 1. The van der Waals surface area contributed by atoms with Crippen molar-refractivity contribution in [1.82, 2.24) is 5.32 Å². The van der Waals surface area contributed by atoms with Gasteiger partial charge in [-0.3, -0.25) is 16.1 Å². The van der Waals surface area contributed by atoms with E-state index in [1.165, 1.54) is 38.5 Å². The van der Waals surface area contributed by atoms with Gasteiger partial charge in [-0.2, -0.15) is 0 Å². The Morgan fingerprint density at radius 3 is 1.07 bits per heavy atom. The lowest BCUT2D eigenvalue weighted by Crippen LogP contribution is -2.39. The molecule has 0 aromatic rings. The van der Waals surface area contributed by atoms with Crippen molar-refractivity contribution in [3.63, 3.8) is 0 Å². The molecule has 1 aliphatic carbocycles. The third kappa shape index (κ3) is 13.6. The Balaban J connectivity index is 0. The van der Waals surface area contributed by atoms with E-state index in [4.69, 9.17) is 22.3 Å². The molecule has 7 N–H and O–H groups in total. The summed E-state index contributed by atoms with van der Waals surface area (Å²) in [7, 11) is 0. The van der Waals surface area contributed by atoms with Crippen LogP contribution in [0.3, 0.4) is 0 Å². The van der Waals surface area contributed by atoms with E-state index in [9.17, 15) is 0 Å². The van der Waals surface area contributed by atoms with Gasteiger partial charge in [0.05, 0.1) is 0 Å². The SMILES string of the molecule is C1CCCCC1.Cl.N=C(N)NC(=N)N. The molecule has 0 amide bonds. The van der Waals surface area contributed by atoms with E-state index < -0.39 is 0 Å². The van der Waals surface area contributed by atoms with Gasteiger partial charge >= 0.3 is 0 Å². The van der Waals surface area contributed by atoms with E-state index in [2.05, 4.69) is 0 Å². The minimum atomic E-state index is -0.312. The molecule has 0 aliphatic heterocycles. The maximum atomic E-state index is 6.47. The van der Waals surface area contributed by atoms with Crippen LogP contribution in [0.25, 0.3) is 0 Å². The van der Waals surface area contributed by atoms with Gasteiger partial charge in [0.25, 0.3) is 0 Å². The monoisotopic (exact) mass is 221 g/mol. The predicted octanol–water partition coefficient (Wildman–Crippen LogP) is 1.13. The fourth-order valence-electron chi connectivity index (χ4n) is 1.21. The summed E-state index contributed by atoms with van der Waals surface area (Å²) in [6, 6.07) is 0. The number of hydrogen-bond acceptors (Lipinski definition) is 2. The summed E-state index contributed by atoms with van der Waals surface area (Å²) in [4.78, 5) is 0. The lowest BCUT2D eigenvalue weighted by atomic mass is 10.0. The molecule has 5 nitrogen and oxygen atoms in total. The molecule has 0 saturated heterocycles. The highest BCUT2D eigenvalue weighted by Gasteiger charge is 1.95. The van der Waals surface area contributed by atoms with Crippen LogP contribution in [0.2, 0.25) is 0 Å². The van der Waals surface area contributed by atoms with Gasteiger partial charge in [-0.1, -0.05) is 38.5 Å².